The van der Waals surface area contributed by atoms with Gasteiger partial charge in [-0.2, -0.15) is 0 Å². The zero-order chi connectivity index (χ0) is 30.5. The van der Waals surface area contributed by atoms with Crippen LogP contribution in [0.1, 0.15) is 49.5 Å². The van der Waals surface area contributed by atoms with E-state index in [0.29, 0.717) is 61.1 Å². The quantitative estimate of drug-likeness (QED) is 0.0679. The van der Waals surface area contributed by atoms with E-state index in [0.717, 1.165) is 5.56 Å². The van der Waals surface area contributed by atoms with Gasteiger partial charge in [-0.25, -0.2) is 10.4 Å². The maximum absolute atomic E-state index is 14.2. The van der Waals surface area contributed by atoms with Gasteiger partial charge in [0.2, 0.25) is 5.90 Å². The number of amides is 1. The number of carbonyl (C=O) groups excluding carboxylic acids is 1. The van der Waals surface area contributed by atoms with E-state index in [1.165, 1.54) is 0 Å². The largest absolute Gasteiger partial charge is 0.494 e. The minimum atomic E-state index is -1.45. The number of nitrogens with one attached hydrogen (secondary N) is 2. The third kappa shape index (κ3) is 8.33. The van der Waals surface area contributed by atoms with E-state index < -0.39 is 11.6 Å². The summed E-state index contributed by atoms with van der Waals surface area (Å²) >= 11 is 0. The van der Waals surface area contributed by atoms with Gasteiger partial charge in [0, 0.05) is 48.8 Å². The Balaban J connectivity index is 1.71. The molecule has 226 valence electrons. The van der Waals surface area contributed by atoms with Crippen LogP contribution in [0.4, 0.5) is 5.69 Å². The first-order chi connectivity index (χ1) is 21.0. The lowest BCUT2D eigenvalue weighted by Gasteiger charge is -2.31. The number of aliphatic hydroxyl groups excluding tert-OH is 1. The SMILES string of the molecule is CC(C)OCCCNNC(=O)[C@@]1(Cc2ccccc2N=[N+]=[N-])N=C(c2ccc(OCCCO)cc2)O[C@H]1c1ccccc1. The first-order valence-corrected chi connectivity index (χ1v) is 14.4. The average Bonchev–Trinajstić information content (AvgIpc) is 3.41. The number of ether oxygens (including phenoxy) is 3. The van der Waals surface area contributed by atoms with E-state index in [1.54, 1.807) is 24.3 Å². The van der Waals surface area contributed by atoms with Gasteiger partial charge >= 0.3 is 0 Å². The Morgan fingerprint density at radius 2 is 1.81 bits per heavy atom. The number of hydrogen-bond donors (Lipinski definition) is 3. The summed E-state index contributed by atoms with van der Waals surface area (Å²) < 4.78 is 17.8. The second kappa shape index (κ2) is 15.7. The molecule has 0 bridgehead atoms. The van der Waals surface area contributed by atoms with Crippen LogP contribution in [0.2, 0.25) is 0 Å². The van der Waals surface area contributed by atoms with E-state index in [-0.39, 0.29) is 25.0 Å². The summed E-state index contributed by atoms with van der Waals surface area (Å²) in [4.78, 5) is 22.2. The number of hydrazine groups is 1. The van der Waals surface area contributed by atoms with E-state index >= 15 is 0 Å². The van der Waals surface area contributed by atoms with Crippen LogP contribution < -0.4 is 15.6 Å². The topological polar surface area (TPSA) is 150 Å². The molecule has 0 fully saturated rings. The van der Waals surface area contributed by atoms with Crippen LogP contribution in [-0.2, 0) is 20.7 Å². The van der Waals surface area contributed by atoms with Crippen molar-refractivity contribution >= 4 is 17.5 Å². The van der Waals surface area contributed by atoms with Crippen LogP contribution in [0.5, 0.6) is 5.75 Å². The second-order valence-corrected chi connectivity index (χ2v) is 10.3. The minimum absolute atomic E-state index is 0.0527. The number of aliphatic hydroxyl groups is 1. The molecule has 1 heterocycles. The first-order valence-electron chi connectivity index (χ1n) is 14.4. The maximum atomic E-state index is 14.2. The van der Waals surface area contributed by atoms with Crippen LogP contribution >= 0.6 is 0 Å². The average molecular weight is 587 g/mol. The van der Waals surface area contributed by atoms with Crippen molar-refractivity contribution in [2.75, 3.05) is 26.4 Å². The normalized spacial score (nSPS) is 17.6. The Kier molecular flexibility index (Phi) is 11.5. The molecule has 0 saturated heterocycles. The zero-order valence-electron chi connectivity index (χ0n) is 24.5. The predicted molar refractivity (Wildman–Crippen MR) is 164 cm³/mol. The van der Waals surface area contributed by atoms with Crippen molar-refractivity contribution in [2.45, 2.75) is 50.9 Å². The maximum Gasteiger partial charge on any atom is 0.266 e. The summed E-state index contributed by atoms with van der Waals surface area (Å²) in [6.45, 7) is 5.46. The fourth-order valence-electron chi connectivity index (χ4n) is 4.74. The Labute approximate surface area is 251 Å². The van der Waals surface area contributed by atoms with Gasteiger partial charge in [0.05, 0.1) is 12.7 Å². The molecular formula is C32H38N6O5. The van der Waals surface area contributed by atoms with Gasteiger partial charge in [-0.05, 0) is 61.2 Å². The highest BCUT2D eigenvalue weighted by Crippen LogP contribution is 2.43. The molecule has 0 aromatic heterocycles. The van der Waals surface area contributed by atoms with Gasteiger partial charge in [-0.3, -0.25) is 10.2 Å². The second-order valence-electron chi connectivity index (χ2n) is 10.3. The molecule has 0 spiro atoms. The van der Waals surface area contributed by atoms with E-state index in [1.807, 2.05) is 68.4 Å². The highest BCUT2D eigenvalue weighted by atomic mass is 16.5. The number of nitrogens with zero attached hydrogens (tertiary/aromatic N) is 4. The molecule has 0 unspecified atom stereocenters. The standard InChI is InChI=1S/C32H38N6O5/c1-23(2)41-20-8-18-34-37-31(40)32(22-26-12-6-7-13-28(26)36-38-33)29(24-10-4-3-5-11-24)43-30(35-32)25-14-16-27(17-15-25)42-21-9-19-39/h3-7,10-17,23,29,34,39H,8-9,18-22H2,1-2H3,(H,37,40)/t29-,32-/m0/s1. The molecule has 0 radical (unpaired) electrons. The molecule has 3 N–H and O–H groups in total. The number of benzene rings is 3. The summed E-state index contributed by atoms with van der Waals surface area (Å²) in [5.74, 6) is 0.562. The van der Waals surface area contributed by atoms with Gasteiger partial charge in [-0.15, -0.1) is 0 Å². The van der Waals surface area contributed by atoms with Crippen LogP contribution in [0.15, 0.2) is 89.0 Å². The van der Waals surface area contributed by atoms with Crippen molar-refractivity contribution in [3.8, 4) is 5.75 Å². The number of carbonyl (C=O) groups is 1. The smallest absolute Gasteiger partial charge is 0.266 e. The predicted octanol–water partition coefficient (Wildman–Crippen LogP) is 5.33. The Bertz CT molecular complexity index is 1410. The van der Waals surface area contributed by atoms with Gasteiger partial charge < -0.3 is 19.3 Å². The lowest BCUT2D eigenvalue weighted by molar-refractivity contribution is -0.130. The Morgan fingerprint density at radius 1 is 1.07 bits per heavy atom. The van der Waals surface area contributed by atoms with E-state index in [4.69, 9.17) is 24.3 Å². The zero-order valence-corrected chi connectivity index (χ0v) is 24.5. The van der Waals surface area contributed by atoms with Crippen LogP contribution in [0, 0.1) is 0 Å². The van der Waals surface area contributed by atoms with Crippen LogP contribution in [0.25, 0.3) is 10.4 Å². The molecule has 3 aromatic carbocycles. The fraction of sp³-hybridized carbons (Fsp3) is 0.375. The third-order valence-electron chi connectivity index (χ3n) is 6.84. The molecular weight excluding hydrogens is 548 g/mol. The van der Waals surface area contributed by atoms with Crippen molar-refractivity contribution in [3.63, 3.8) is 0 Å². The Hall–Kier alpha value is -4.41. The molecule has 2 atom stereocenters. The molecule has 43 heavy (non-hydrogen) atoms. The number of rotatable bonds is 16. The van der Waals surface area contributed by atoms with Crippen LogP contribution in [0.3, 0.4) is 0 Å². The van der Waals surface area contributed by atoms with Gasteiger partial charge in [0.15, 0.2) is 11.6 Å². The number of azide groups is 1. The molecule has 1 amide bonds. The lowest BCUT2D eigenvalue weighted by Crippen LogP contribution is -2.54. The molecule has 0 aliphatic carbocycles. The molecule has 1 aliphatic heterocycles. The van der Waals surface area contributed by atoms with E-state index in [9.17, 15) is 10.3 Å². The molecule has 11 heteroatoms. The number of aliphatic imine (C=N–C) groups is 1. The number of hydrogen-bond acceptors (Lipinski definition) is 8. The summed E-state index contributed by atoms with van der Waals surface area (Å²) in [7, 11) is 0. The fourth-order valence-corrected chi connectivity index (χ4v) is 4.74. The highest BCUT2D eigenvalue weighted by Gasteiger charge is 2.53. The Morgan fingerprint density at radius 3 is 2.53 bits per heavy atom. The third-order valence-corrected chi connectivity index (χ3v) is 6.84. The molecule has 1 aliphatic rings. The van der Waals surface area contributed by atoms with Crippen molar-refractivity contribution in [3.05, 3.63) is 106 Å². The molecule has 3 aromatic rings. The monoisotopic (exact) mass is 586 g/mol. The minimum Gasteiger partial charge on any atom is -0.494 e. The van der Waals surface area contributed by atoms with Crippen molar-refractivity contribution in [1.29, 1.82) is 0 Å². The molecule has 0 saturated carbocycles. The van der Waals surface area contributed by atoms with Gasteiger partial charge in [0.1, 0.15) is 5.75 Å². The van der Waals surface area contributed by atoms with Crippen LogP contribution in [-0.4, -0.2) is 54.9 Å². The summed E-state index contributed by atoms with van der Waals surface area (Å²) in [6, 6.07) is 23.9. The van der Waals surface area contributed by atoms with Gasteiger partial charge in [-0.1, -0.05) is 59.7 Å². The highest BCUT2D eigenvalue weighted by molar-refractivity contribution is 6.01. The van der Waals surface area contributed by atoms with Gasteiger partial charge in [0.25, 0.3) is 5.91 Å². The molecule has 11 nitrogen and oxygen atoms in total. The lowest BCUT2D eigenvalue weighted by atomic mass is 9.81. The van der Waals surface area contributed by atoms with Crippen molar-refractivity contribution in [1.82, 2.24) is 10.9 Å². The van der Waals surface area contributed by atoms with Crippen molar-refractivity contribution < 1.29 is 24.1 Å². The summed E-state index contributed by atoms with van der Waals surface area (Å²) in [5, 5.41) is 12.9. The summed E-state index contributed by atoms with van der Waals surface area (Å²) in [6.07, 6.45) is 0.687. The van der Waals surface area contributed by atoms with Crippen molar-refractivity contribution in [2.24, 2.45) is 10.1 Å². The molecule has 4 rings (SSSR count). The summed E-state index contributed by atoms with van der Waals surface area (Å²) in [5.41, 5.74) is 16.1. The first kappa shape index (κ1) is 31.5. The van der Waals surface area contributed by atoms with E-state index in [2.05, 4.69) is 20.9 Å².